The largest absolute Gasteiger partial charge is 0.360 e. The molecule has 1 aliphatic carbocycles. The Morgan fingerprint density at radius 1 is 1.15 bits per heavy atom. The number of hydrogen-bond donors (Lipinski definition) is 2. The number of alkyl halides is 2. The number of benzene rings is 1. The van der Waals surface area contributed by atoms with Crippen molar-refractivity contribution in [3.05, 3.63) is 24.3 Å². The molecule has 0 spiro atoms. The second-order valence-corrected chi connectivity index (χ2v) is 6.31. The SMILES string of the molecule is FC(F)Sc1ccc(NC(=S)NC2CCCCC2)cc1. The number of thiocarbonyl (C=S) groups is 1. The molecule has 1 aromatic carbocycles. The summed E-state index contributed by atoms with van der Waals surface area (Å²) in [4.78, 5) is 0.553. The average Bonchev–Trinajstić information content (AvgIpc) is 2.41. The van der Waals surface area contributed by atoms with Gasteiger partial charge >= 0.3 is 0 Å². The van der Waals surface area contributed by atoms with Crippen molar-refractivity contribution in [1.82, 2.24) is 5.32 Å². The fourth-order valence-corrected chi connectivity index (χ4v) is 3.10. The first-order chi connectivity index (χ1) is 9.63. The van der Waals surface area contributed by atoms with Gasteiger partial charge in [0.15, 0.2) is 5.11 Å². The maximum absolute atomic E-state index is 12.2. The number of rotatable bonds is 4. The summed E-state index contributed by atoms with van der Waals surface area (Å²) >= 11 is 5.82. The summed E-state index contributed by atoms with van der Waals surface area (Å²) in [5.74, 6) is -2.39. The van der Waals surface area contributed by atoms with E-state index >= 15 is 0 Å². The second-order valence-electron chi connectivity index (χ2n) is 4.84. The third kappa shape index (κ3) is 5.25. The van der Waals surface area contributed by atoms with Crippen LogP contribution in [0.1, 0.15) is 32.1 Å². The molecule has 0 unspecified atom stereocenters. The molecule has 0 aromatic heterocycles. The van der Waals surface area contributed by atoms with E-state index in [4.69, 9.17) is 12.2 Å². The third-order valence-electron chi connectivity index (χ3n) is 3.28. The first-order valence-electron chi connectivity index (χ1n) is 6.76. The van der Waals surface area contributed by atoms with Gasteiger partial charge in [0, 0.05) is 16.6 Å². The minimum Gasteiger partial charge on any atom is -0.360 e. The molecule has 0 amide bonds. The van der Waals surface area contributed by atoms with E-state index in [0.29, 0.717) is 27.8 Å². The van der Waals surface area contributed by atoms with Gasteiger partial charge in [-0.1, -0.05) is 31.0 Å². The third-order valence-corrected chi connectivity index (χ3v) is 4.22. The summed E-state index contributed by atoms with van der Waals surface area (Å²) in [6.45, 7) is 0. The Bertz CT molecular complexity index is 431. The molecule has 0 saturated heterocycles. The zero-order valence-electron chi connectivity index (χ0n) is 11.1. The smallest absolute Gasteiger partial charge is 0.288 e. The van der Waals surface area contributed by atoms with Crippen molar-refractivity contribution in [2.24, 2.45) is 0 Å². The summed E-state index contributed by atoms with van der Waals surface area (Å²) in [7, 11) is 0. The molecule has 1 saturated carbocycles. The van der Waals surface area contributed by atoms with Crippen LogP contribution in [0.25, 0.3) is 0 Å². The summed E-state index contributed by atoms with van der Waals surface area (Å²) in [6, 6.07) is 7.32. The van der Waals surface area contributed by atoms with E-state index in [-0.39, 0.29) is 0 Å². The van der Waals surface area contributed by atoms with Gasteiger partial charge in [0.2, 0.25) is 0 Å². The van der Waals surface area contributed by atoms with Crippen LogP contribution in [-0.4, -0.2) is 16.9 Å². The zero-order valence-corrected chi connectivity index (χ0v) is 12.7. The van der Waals surface area contributed by atoms with Gasteiger partial charge in [-0.15, -0.1) is 0 Å². The molecule has 0 bridgehead atoms. The number of nitrogens with one attached hydrogen (secondary N) is 2. The first-order valence-corrected chi connectivity index (χ1v) is 8.04. The number of anilines is 1. The monoisotopic (exact) mass is 316 g/mol. The van der Waals surface area contributed by atoms with Gasteiger partial charge in [0.05, 0.1) is 0 Å². The van der Waals surface area contributed by atoms with E-state index in [1.54, 1.807) is 24.3 Å². The van der Waals surface area contributed by atoms with Crippen molar-refractivity contribution in [3.8, 4) is 0 Å². The highest BCUT2D eigenvalue weighted by molar-refractivity contribution is 7.99. The van der Waals surface area contributed by atoms with Gasteiger partial charge < -0.3 is 10.6 Å². The minimum absolute atomic E-state index is 0.456. The molecular weight excluding hydrogens is 298 g/mol. The lowest BCUT2D eigenvalue weighted by molar-refractivity contribution is 0.252. The Morgan fingerprint density at radius 2 is 1.80 bits per heavy atom. The Balaban J connectivity index is 1.81. The molecule has 1 aromatic rings. The van der Waals surface area contributed by atoms with Crippen molar-refractivity contribution in [1.29, 1.82) is 0 Å². The Hall–Kier alpha value is -0.880. The van der Waals surface area contributed by atoms with Crippen LogP contribution in [-0.2, 0) is 0 Å². The van der Waals surface area contributed by atoms with Gasteiger partial charge in [-0.05, 0) is 49.3 Å². The van der Waals surface area contributed by atoms with E-state index in [2.05, 4.69) is 10.6 Å². The van der Waals surface area contributed by atoms with Crippen LogP contribution in [0.3, 0.4) is 0 Å². The Kier molecular flexibility index (Phi) is 6.04. The molecule has 110 valence electrons. The fourth-order valence-electron chi connectivity index (χ4n) is 2.32. The van der Waals surface area contributed by atoms with Crippen molar-refractivity contribution < 1.29 is 8.78 Å². The summed E-state index contributed by atoms with van der Waals surface area (Å²) in [6.07, 6.45) is 6.12. The predicted octanol–water partition coefficient (Wildman–Crippen LogP) is 4.62. The lowest BCUT2D eigenvalue weighted by Gasteiger charge is -2.24. The van der Waals surface area contributed by atoms with Crippen LogP contribution >= 0.6 is 24.0 Å². The molecule has 20 heavy (non-hydrogen) atoms. The molecule has 2 N–H and O–H groups in total. The molecule has 0 atom stereocenters. The van der Waals surface area contributed by atoms with Crippen molar-refractivity contribution >= 4 is 34.8 Å². The average molecular weight is 316 g/mol. The Labute approximate surface area is 127 Å². The van der Waals surface area contributed by atoms with Crippen LogP contribution in [0.15, 0.2) is 29.2 Å². The van der Waals surface area contributed by atoms with E-state index in [0.717, 1.165) is 18.5 Å². The normalized spacial score (nSPS) is 16.1. The van der Waals surface area contributed by atoms with Gasteiger partial charge in [0.1, 0.15) is 0 Å². The molecular formula is C14H18F2N2S2. The Morgan fingerprint density at radius 3 is 2.40 bits per heavy atom. The summed E-state index contributed by atoms with van der Waals surface area (Å²) in [5.41, 5.74) is 0.817. The molecule has 6 heteroatoms. The van der Waals surface area contributed by atoms with Gasteiger partial charge in [0.25, 0.3) is 5.76 Å². The summed E-state index contributed by atoms with van der Waals surface area (Å²) in [5, 5.41) is 7.01. The molecule has 1 fully saturated rings. The minimum atomic E-state index is -2.39. The first kappa shape index (κ1) is 15.5. The standard InChI is InChI=1S/C14H18F2N2S2/c15-13(16)20-12-8-6-11(7-9-12)18-14(19)17-10-4-2-1-3-5-10/h6-10,13H,1-5H2,(H2,17,18,19). The van der Waals surface area contributed by atoms with Crippen LogP contribution in [0.5, 0.6) is 0 Å². The highest BCUT2D eigenvalue weighted by Gasteiger charge is 2.14. The lowest BCUT2D eigenvalue weighted by atomic mass is 9.96. The number of halogens is 2. The topological polar surface area (TPSA) is 24.1 Å². The van der Waals surface area contributed by atoms with Crippen LogP contribution < -0.4 is 10.6 Å². The van der Waals surface area contributed by atoms with Crippen LogP contribution in [0.2, 0.25) is 0 Å². The van der Waals surface area contributed by atoms with E-state index in [9.17, 15) is 8.78 Å². The van der Waals surface area contributed by atoms with Gasteiger partial charge in [-0.25, -0.2) is 0 Å². The highest BCUT2D eigenvalue weighted by atomic mass is 32.2. The summed E-state index contributed by atoms with van der Waals surface area (Å²) < 4.78 is 24.4. The fraction of sp³-hybridized carbons (Fsp3) is 0.500. The molecule has 2 nitrogen and oxygen atoms in total. The van der Waals surface area contributed by atoms with Crippen molar-refractivity contribution in [2.75, 3.05) is 5.32 Å². The van der Waals surface area contributed by atoms with E-state index in [1.165, 1.54) is 19.3 Å². The molecule has 1 aliphatic rings. The van der Waals surface area contributed by atoms with Gasteiger partial charge in [-0.3, -0.25) is 0 Å². The second kappa shape index (κ2) is 7.78. The van der Waals surface area contributed by atoms with E-state index < -0.39 is 5.76 Å². The molecule has 2 rings (SSSR count). The van der Waals surface area contributed by atoms with Crippen molar-refractivity contribution in [3.63, 3.8) is 0 Å². The highest BCUT2D eigenvalue weighted by Crippen LogP contribution is 2.26. The molecule has 0 heterocycles. The van der Waals surface area contributed by atoms with Crippen molar-refractivity contribution in [2.45, 2.75) is 48.8 Å². The number of hydrogen-bond acceptors (Lipinski definition) is 2. The number of thioether (sulfide) groups is 1. The quantitative estimate of drug-likeness (QED) is 0.625. The maximum atomic E-state index is 12.2. The predicted molar refractivity (Wildman–Crippen MR) is 84.5 cm³/mol. The van der Waals surface area contributed by atoms with E-state index in [1.807, 2.05) is 0 Å². The molecule has 0 aliphatic heterocycles. The lowest BCUT2D eigenvalue weighted by Crippen LogP contribution is -2.38. The van der Waals surface area contributed by atoms with Crippen LogP contribution in [0, 0.1) is 0 Å². The van der Waals surface area contributed by atoms with Gasteiger partial charge in [-0.2, -0.15) is 8.78 Å². The maximum Gasteiger partial charge on any atom is 0.288 e. The zero-order chi connectivity index (χ0) is 14.4. The molecule has 0 radical (unpaired) electrons. The van der Waals surface area contributed by atoms with Crippen LogP contribution in [0.4, 0.5) is 14.5 Å².